The maximum atomic E-state index is 2.40. The Hall–Kier alpha value is -5.18. The summed E-state index contributed by atoms with van der Waals surface area (Å²) in [5.74, 6) is 0. The van der Waals surface area contributed by atoms with Gasteiger partial charge in [-0.15, -0.1) is 11.3 Å². The highest BCUT2D eigenvalue weighted by Crippen LogP contribution is 2.42. The number of hydrogen-bond acceptors (Lipinski definition) is 2. The Labute approximate surface area is 249 Å². The molecule has 0 atom stereocenters. The molecule has 1 nitrogen and oxygen atoms in total. The summed E-state index contributed by atoms with van der Waals surface area (Å²) in [6.45, 7) is 0. The van der Waals surface area contributed by atoms with Gasteiger partial charge in [-0.05, 0) is 81.6 Å². The zero-order valence-corrected chi connectivity index (χ0v) is 23.8. The zero-order valence-electron chi connectivity index (χ0n) is 22.9. The third-order valence-corrected chi connectivity index (χ3v) is 9.19. The quantitative estimate of drug-likeness (QED) is 0.205. The van der Waals surface area contributed by atoms with Gasteiger partial charge in [-0.25, -0.2) is 0 Å². The zero-order chi connectivity index (χ0) is 27.9. The van der Waals surface area contributed by atoms with Gasteiger partial charge in [-0.2, -0.15) is 0 Å². The lowest BCUT2D eigenvalue weighted by molar-refractivity contribution is 1.29. The highest BCUT2D eigenvalue weighted by molar-refractivity contribution is 7.25. The molecule has 0 amide bonds. The first-order valence-electron chi connectivity index (χ1n) is 14.3. The number of rotatable bonds is 5. The van der Waals surface area contributed by atoms with E-state index in [1.54, 1.807) is 0 Å². The van der Waals surface area contributed by atoms with E-state index in [4.69, 9.17) is 0 Å². The molecule has 2 heteroatoms. The number of thiophene rings is 1. The SMILES string of the molecule is c1ccc(-c2cccc(N(c3cccc(-c4cccc5ccccc45)c3)c3ccc4sc5ccccc5c4c3)c2)cc1. The number of benzene rings is 7. The van der Waals surface area contributed by atoms with Crippen molar-refractivity contribution in [1.82, 2.24) is 0 Å². The fourth-order valence-electron chi connectivity index (χ4n) is 6.05. The molecule has 1 aromatic heterocycles. The van der Waals surface area contributed by atoms with Crippen LogP contribution in [0.1, 0.15) is 0 Å². The molecule has 8 rings (SSSR count). The molecule has 0 fully saturated rings. The van der Waals surface area contributed by atoms with Gasteiger partial charge in [0.15, 0.2) is 0 Å². The third-order valence-electron chi connectivity index (χ3n) is 8.03. The second-order valence-electron chi connectivity index (χ2n) is 10.6. The molecule has 8 aromatic rings. The van der Waals surface area contributed by atoms with Gasteiger partial charge in [0.1, 0.15) is 0 Å². The van der Waals surface area contributed by atoms with Crippen molar-refractivity contribution >= 4 is 59.3 Å². The van der Waals surface area contributed by atoms with E-state index in [-0.39, 0.29) is 0 Å². The lowest BCUT2D eigenvalue weighted by atomic mass is 9.97. The molecule has 42 heavy (non-hydrogen) atoms. The Bertz CT molecular complexity index is 2200. The van der Waals surface area contributed by atoms with Crippen LogP contribution >= 0.6 is 11.3 Å². The van der Waals surface area contributed by atoms with E-state index in [0.717, 1.165) is 17.1 Å². The van der Waals surface area contributed by atoms with Crippen LogP contribution in [0.2, 0.25) is 0 Å². The summed E-state index contributed by atoms with van der Waals surface area (Å²) < 4.78 is 2.63. The topological polar surface area (TPSA) is 3.24 Å². The average molecular weight is 554 g/mol. The van der Waals surface area contributed by atoms with Gasteiger partial charge in [0.2, 0.25) is 0 Å². The lowest BCUT2D eigenvalue weighted by Crippen LogP contribution is -2.10. The first kappa shape index (κ1) is 24.6. The van der Waals surface area contributed by atoms with Crippen LogP contribution in [0.15, 0.2) is 164 Å². The molecular formula is C40H27NS. The molecule has 0 aliphatic heterocycles. The fourth-order valence-corrected chi connectivity index (χ4v) is 7.13. The summed E-state index contributed by atoms with van der Waals surface area (Å²) in [6, 6.07) is 59.2. The van der Waals surface area contributed by atoms with Crippen molar-refractivity contribution in [3.63, 3.8) is 0 Å². The molecule has 0 aliphatic carbocycles. The summed E-state index contributed by atoms with van der Waals surface area (Å²) >= 11 is 1.86. The van der Waals surface area contributed by atoms with Crippen LogP contribution in [0.4, 0.5) is 17.1 Å². The highest BCUT2D eigenvalue weighted by Gasteiger charge is 2.17. The van der Waals surface area contributed by atoms with Crippen LogP contribution in [0.5, 0.6) is 0 Å². The summed E-state index contributed by atoms with van der Waals surface area (Å²) in [5, 5.41) is 5.12. The summed E-state index contributed by atoms with van der Waals surface area (Å²) in [6.07, 6.45) is 0. The predicted molar refractivity (Wildman–Crippen MR) is 182 cm³/mol. The van der Waals surface area contributed by atoms with Gasteiger partial charge in [0, 0.05) is 37.2 Å². The van der Waals surface area contributed by atoms with Crippen LogP contribution in [0.25, 0.3) is 53.2 Å². The van der Waals surface area contributed by atoms with Crippen LogP contribution in [0, 0.1) is 0 Å². The van der Waals surface area contributed by atoms with E-state index in [1.165, 1.54) is 53.2 Å². The lowest BCUT2D eigenvalue weighted by Gasteiger charge is -2.27. The molecule has 0 N–H and O–H groups in total. The van der Waals surface area contributed by atoms with Gasteiger partial charge in [0.25, 0.3) is 0 Å². The van der Waals surface area contributed by atoms with Crippen molar-refractivity contribution < 1.29 is 0 Å². The molecule has 0 spiro atoms. The fraction of sp³-hybridized carbons (Fsp3) is 0. The molecule has 0 bridgehead atoms. The van der Waals surface area contributed by atoms with Gasteiger partial charge in [-0.3, -0.25) is 0 Å². The van der Waals surface area contributed by atoms with Crippen molar-refractivity contribution in [3.8, 4) is 22.3 Å². The second kappa shape index (κ2) is 10.3. The Morgan fingerprint density at radius 2 is 0.952 bits per heavy atom. The van der Waals surface area contributed by atoms with Crippen molar-refractivity contribution in [1.29, 1.82) is 0 Å². The summed E-state index contributed by atoms with van der Waals surface area (Å²) in [7, 11) is 0. The first-order chi connectivity index (χ1) is 20.8. The number of nitrogens with zero attached hydrogens (tertiary/aromatic N) is 1. The maximum Gasteiger partial charge on any atom is 0.0468 e. The van der Waals surface area contributed by atoms with E-state index in [1.807, 2.05) is 11.3 Å². The minimum Gasteiger partial charge on any atom is -0.310 e. The standard InChI is InChI=1S/C40H27NS/c1-2-11-28(12-3-1)30-15-8-17-32(25-30)41(34-23-24-40-38(27-34)37-20-6-7-22-39(37)42-40)33-18-9-16-31(26-33)36-21-10-14-29-13-4-5-19-35(29)36/h1-27H. The molecule has 198 valence electrons. The van der Waals surface area contributed by atoms with Crippen molar-refractivity contribution in [2.24, 2.45) is 0 Å². The average Bonchev–Trinajstić information content (AvgIpc) is 3.43. The van der Waals surface area contributed by atoms with Gasteiger partial charge >= 0.3 is 0 Å². The molecule has 0 saturated carbocycles. The Morgan fingerprint density at radius 3 is 1.81 bits per heavy atom. The molecule has 7 aromatic carbocycles. The monoisotopic (exact) mass is 553 g/mol. The number of fused-ring (bicyclic) bond motifs is 4. The van der Waals surface area contributed by atoms with Gasteiger partial charge in [0.05, 0.1) is 0 Å². The van der Waals surface area contributed by atoms with E-state index < -0.39 is 0 Å². The van der Waals surface area contributed by atoms with Crippen LogP contribution in [-0.4, -0.2) is 0 Å². The Morgan fingerprint density at radius 1 is 0.357 bits per heavy atom. The van der Waals surface area contributed by atoms with Crippen LogP contribution < -0.4 is 4.90 Å². The minimum absolute atomic E-state index is 1.13. The summed E-state index contributed by atoms with van der Waals surface area (Å²) in [4.78, 5) is 2.40. The van der Waals surface area contributed by atoms with E-state index in [9.17, 15) is 0 Å². The van der Waals surface area contributed by atoms with Crippen molar-refractivity contribution in [2.75, 3.05) is 4.90 Å². The second-order valence-corrected chi connectivity index (χ2v) is 11.7. The van der Waals surface area contributed by atoms with Gasteiger partial charge in [-0.1, -0.05) is 115 Å². The largest absolute Gasteiger partial charge is 0.310 e. The molecule has 0 radical (unpaired) electrons. The predicted octanol–water partition coefficient (Wildman–Crippen LogP) is 12.0. The Balaban J connectivity index is 1.34. The summed E-state index contributed by atoms with van der Waals surface area (Å²) in [5.41, 5.74) is 8.26. The van der Waals surface area contributed by atoms with Crippen LogP contribution in [0.3, 0.4) is 0 Å². The van der Waals surface area contributed by atoms with Crippen LogP contribution in [-0.2, 0) is 0 Å². The maximum absolute atomic E-state index is 2.40. The normalized spacial score (nSPS) is 11.3. The molecule has 0 saturated heterocycles. The van der Waals surface area contributed by atoms with E-state index in [0.29, 0.717) is 0 Å². The molecular weight excluding hydrogens is 527 g/mol. The Kier molecular flexibility index (Phi) is 6.05. The molecule has 0 unspecified atom stereocenters. The van der Waals surface area contributed by atoms with E-state index >= 15 is 0 Å². The third kappa shape index (κ3) is 4.34. The van der Waals surface area contributed by atoms with Crippen molar-refractivity contribution in [3.05, 3.63) is 164 Å². The van der Waals surface area contributed by atoms with E-state index in [2.05, 4.69) is 169 Å². The highest BCUT2D eigenvalue weighted by atomic mass is 32.1. The molecule has 0 aliphatic rings. The first-order valence-corrected chi connectivity index (χ1v) is 15.1. The number of anilines is 3. The van der Waals surface area contributed by atoms with Crippen molar-refractivity contribution in [2.45, 2.75) is 0 Å². The smallest absolute Gasteiger partial charge is 0.0468 e. The van der Waals surface area contributed by atoms with Gasteiger partial charge < -0.3 is 4.90 Å². The minimum atomic E-state index is 1.13. The number of hydrogen-bond donors (Lipinski definition) is 0. The molecule has 1 heterocycles.